The number of Topliss-reactive ketones (excluding diaryl/α,β-unsaturated/α-hetero) is 1. The van der Waals surface area contributed by atoms with E-state index in [1.165, 1.54) is 25.4 Å². The highest BCUT2D eigenvalue weighted by Crippen LogP contribution is 2.13. The maximum Gasteiger partial charge on any atom is 0.257 e. The number of likely N-dealkylation sites (N-methyl/N-ethyl adjacent to an activating group) is 1. The van der Waals surface area contributed by atoms with E-state index in [1.807, 2.05) is 19.0 Å². The topological polar surface area (TPSA) is 91.4 Å². The third-order valence-corrected chi connectivity index (χ3v) is 3.63. The van der Waals surface area contributed by atoms with E-state index in [1.54, 1.807) is 24.3 Å². The van der Waals surface area contributed by atoms with Crippen molar-refractivity contribution in [2.45, 2.75) is 6.92 Å². The Kier molecular flexibility index (Phi) is 6.57. The number of ketones is 1. The summed E-state index contributed by atoms with van der Waals surface area (Å²) >= 11 is 0. The van der Waals surface area contributed by atoms with Gasteiger partial charge in [-0.05, 0) is 39.2 Å². The van der Waals surface area contributed by atoms with Crippen LogP contribution in [0, 0.1) is 0 Å². The van der Waals surface area contributed by atoms with Crippen molar-refractivity contribution < 1.29 is 14.4 Å². The molecule has 1 aromatic heterocycles. The van der Waals surface area contributed by atoms with Gasteiger partial charge in [-0.1, -0.05) is 12.1 Å². The number of rotatable bonds is 7. The number of pyridine rings is 1. The summed E-state index contributed by atoms with van der Waals surface area (Å²) in [4.78, 5) is 41.9. The molecule has 2 N–H and O–H groups in total. The van der Waals surface area contributed by atoms with Crippen molar-refractivity contribution in [2.24, 2.45) is 0 Å². The van der Waals surface area contributed by atoms with Gasteiger partial charge in [-0.3, -0.25) is 19.4 Å². The minimum atomic E-state index is -0.402. The van der Waals surface area contributed by atoms with E-state index >= 15 is 0 Å². The maximum atomic E-state index is 12.4. The molecule has 2 rings (SSSR count). The fraction of sp³-hybridized carbons (Fsp3) is 0.263. The van der Waals surface area contributed by atoms with Crippen LogP contribution >= 0.6 is 0 Å². The number of hydrogen-bond acceptors (Lipinski definition) is 5. The smallest absolute Gasteiger partial charge is 0.257 e. The molecule has 0 radical (unpaired) electrons. The third-order valence-electron chi connectivity index (χ3n) is 3.63. The highest BCUT2D eigenvalue weighted by Gasteiger charge is 2.12. The number of nitrogens with one attached hydrogen (secondary N) is 2. The van der Waals surface area contributed by atoms with Crippen molar-refractivity contribution in [3.8, 4) is 0 Å². The molecule has 0 fully saturated rings. The van der Waals surface area contributed by atoms with Gasteiger partial charge in [-0.15, -0.1) is 0 Å². The lowest BCUT2D eigenvalue weighted by atomic mass is 10.1. The molecule has 136 valence electrons. The summed E-state index contributed by atoms with van der Waals surface area (Å²) in [7, 11) is 3.83. The summed E-state index contributed by atoms with van der Waals surface area (Å²) in [6, 6.07) is 8.15. The van der Waals surface area contributed by atoms with E-state index < -0.39 is 5.91 Å². The molecule has 0 atom stereocenters. The number of benzene rings is 1. The molecule has 0 aliphatic heterocycles. The van der Waals surface area contributed by atoms with E-state index in [-0.39, 0.29) is 17.3 Å². The summed E-state index contributed by atoms with van der Waals surface area (Å²) in [5, 5.41) is 5.48. The second-order valence-corrected chi connectivity index (χ2v) is 6.11. The lowest BCUT2D eigenvalue weighted by Crippen LogP contribution is -2.31. The molecular formula is C19H22N4O3. The zero-order valence-electron chi connectivity index (χ0n) is 15.1. The Morgan fingerprint density at radius 3 is 2.35 bits per heavy atom. The Bertz CT molecular complexity index is 818. The molecule has 0 unspecified atom stereocenters. The summed E-state index contributed by atoms with van der Waals surface area (Å²) < 4.78 is 0. The van der Waals surface area contributed by atoms with Crippen molar-refractivity contribution in [1.82, 2.24) is 15.2 Å². The second-order valence-electron chi connectivity index (χ2n) is 6.11. The van der Waals surface area contributed by atoms with Crippen molar-refractivity contribution in [1.29, 1.82) is 0 Å². The van der Waals surface area contributed by atoms with Crippen LogP contribution in [0.2, 0.25) is 0 Å². The van der Waals surface area contributed by atoms with E-state index in [9.17, 15) is 14.4 Å². The van der Waals surface area contributed by atoms with Gasteiger partial charge in [0.25, 0.3) is 11.8 Å². The number of carbonyl (C=O) groups is 3. The molecule has 2 aromatic rings. The van der Waals surface area contributed by atoms with Crippen LogP contribution in [0.1, 0.15) is 38.0 Å². The molecular weight excluding hydrogens is 332 g/mol. The van der Waals surface area contributed by atoms with Crippen LogP contribution in [0.3, 0.4) is 0 Å². The van der Waals surface area contributed by atoms with E-state index in [0.29, 0.717) is 29.9 Å². The first kappa shape index (κ1) is 19.3. The molecule has 7 heteroatoms. The van der Waals surface area contributed by atoms with Gasteiger partial charge < -0.3 is 15.5 Å². The SMILES string of the molecule is CC(=O)c1cccc(NC(=O)c2cncc(C(=O)NCCN(C)C)c2)c1. The summed E-state index contributed by atoms with van der Waals surface area (Å²) in [5.74, 6) is -0.770. The number of amides is 2. The molecule has 0 saturated heterocycles. The van der Waals surface area contributed by atoms with Crippen molar-refractivity contribution >= 4 is 23.3 Å². The van der Waals surface area contributed by atoms with Crippen LogP contribution in [0.4, 0.5) is 5.69 Å². The van der Waals surface area contributed by atoms with Crippen molar-refractivity contribution in [2.75, 3.05) is 32.5 Å². The standard InChI is InChI=1S/C19H22N4O3/c1-13(24)14-5-4-6-17(10-14)22-19(26)16-9-15(11-20-12-16)18(25)21-7-8-23(2)3/h4-6,9-12H,7-8H2,1-3H3,(H,21,25)(H,22,26). The molecule has 0 aliphatic rings. The lowest BCUT2D eigenvalue weighted by molar-refractivity contribution is 0.0949. The summed E-state index contributed by atoms with van der Waals surface area (Å²) in [6.07, 6.45) is 2.80. The number of carbonyl (C=O) groups excluding carboxylic acids is 3. The van der Waals surface area contributed by atoms with Crippen LogP contribution < -0.4 is 10.6 Å². The molecule has 1 aromatic carbocycles. The number of nitrogens with zero attached hydrogens (tertiary/aromatic N) is 2. The lowest BCUT2D eigenvalue weighted by Gasteiger charge is -2.11. The molecule has 26 heavy (non-hydrogen) atoms. The Morgan fingerprint density at radius 2 is 1.69 bits per heavy atom. The Hall–Kier alpha value is -3.06. The fourth-order valence-electron chi connectivity index (χ4n) is 2.20. The molecule has 0 aliphatic carbocycles. The Morgan fingerprint density at radius 1 is 1.00 bits per heavy atom. The van der Waals surface area contributed by atoms with Crippen LogP contribution in [0.25, 0.3) is 0 Å². The van der Waals surface area contributed by atoms with Gasteiger partial charge in [-0.25, -0.2) is 0 Å². The first-order valence-electron chi connectivity index (χ1n) is 8.17. The first-order valence-corrected chi connectivity index (χ1v) is 8.17. The van der Waals surface area contributed by atoms with Crippen LogP contribution in [0.5, 0.6) is 0 Å². The predicted molar refractivity (Wildman–Crippen MR) is 99.5 cm³/mol. The molecule has 7 nitrogen and oxygen atoms in total. The van der Waals surface area contributed by atoms with E-state index in [2.05, 4.69) is 15.6 Å². The van der Waals surface area contributed by atoms with Crippen molar-refractivity contribution in [3.63, 3.8) is 0 Å². The summed E-state index contributed by atoms with van der Waals surface area (Å²) in [5.41, 5.74) is 1.59. The highest BCUT2D eigenvalue weighted by atomic mass is 16.2. The van der Waals surface area contributed by atoms with Gasteiger partial charge in [0.05, 0.1) is 11.1 Å². The Balaban J connectivity index is 2.06. The molecule has 0 saturated carbocycles. The minimum absolute atomic E-state index is 0.0841. The molecule has 0 bridgehead atoms. The summed E-state index contributed by atoms with van der Waals surface area (Å²) in [6.45, 7) is 2.68. The van der Waals surface area contributed by atoms with Crippen LogP contribution in [-0.2, 0) is 0 Å². The fourth-order valence-corrected chi connectivity index (χ4v) is 2.20. The van der Waals surface area contributed by atoms with Gasteiger partial charge in [0.15, 0.2) is 5.78 Å². The first-order chi connectivity index (χ1) is 12.4. The van der Waals surface area contributed by atoms with Crippen LogP contribution in [0.15, 0.2) is 42.7 Å². The minimum Gasteiger partial charge on any atom is -0.351 e. The van der Waals surface area contributed by atoms with Gasteiger partial charge in [0.1, 0.15) is 0 Å². The second kappa shape index (κ2) is 8.87. The van der Waals surface area contributed by atoms with E-state index in [4.69, 9.17) is 0 Å². The monoisotopic (exact) mass is 354 g/mol. The van der Waals surface area contributed by atoms with E-state index in [0.717, 1.165) is 0 Å². The van der Waals surface area contributed by atoms with Crippen LogP contribution in [-0.4, -0.2) is 54.7 Å². The average Bonchev–Trinajstić information content (AvgIpc) is 2.61. The van der Waals surface area contributed by atoms with Crippen molar-refractivity contribution in [3.05, 3.63) is 59.4 Å². The number of hydrogen-bond donors (Lipinski definition) is 2. The average molecular weight is 354 g/mol. The molecule has 0 spiro atoms. The number of aromatic nitrogens is 1. The normalized spacial score (nSPS) is 10.5. The Labute approximate surface area is 152 Å². The predicted octanol–water partition coefficient (Wildman–Crippen LogP) is 1.83. The number of anilines is 1. The van der Waals surface area contributed by atoms with Gasteiger partial charge in [-0.2, -0.15) is 0 Å². The van der Waals surface area contributed by atoms with Gasteiger partial charge >= 0.3 is 0 Å². The zero-order chi connectivity index (χ0) is 19.1. The third kappa shape index (κ3) is 5.49. The molecule has 1 heterocycles. The zero-order valence-corrected chi connectivity index (χ0v) is 15.1. The quantitative estimate of drug-likeness (QED) is 0.740. The van der Waals surface area contributed by atoms with Gasteiger partial charge in [0.2, 0.25) is 0 Å². The maximum absolute atomic E-state index is 12.4. The highest BCUT2D eigenvalue weighted by molar-refractivity contribution is 6.06. The largest absolute Gasteiger partial charge is 0.351 e. The molecule has 2 amide bonds. The van der Waals surface area contributed by atoms with Gasteiger partial charge in [0, 0.05) is 36.7 Å².